The van der Waals surface area contributed by atoms with Crippen molar-refractivity contribution in [1.82, 2.24) is 9.13 Å². The Kier molecular flexibility index (Phi) is 5.39. The number of benzene rings is 2. The van der Waals surface area contributed by atoms with Crippen LogP contribution in [0.3, 0.4) is 0 Å². The average molecular weight is 420 g/mol. The van der Waals surface area contributed by atoms with E-state index in [9.17, 15) is 23.2 Å². The van der Waals surface area contributed by atoms with Crippen molar-refractivity contribution in [2.45, 2.75) is 6.92 Å². The molecule has 0 unspecified atom stereocenters. The van der Waals surface area contributed by atoms with Gasteiger partial charge in [-0.05, 0) is 36.2 Å². The molecule has 0 radical (unpaired) electrons. The molecule has 0 aliphatic carbocycles. The van der Waals surface area contributed by atoms with Gasteiger partial charge in [0.1, 0.15) is 16.4 Å². The minimum absolute atomic E-state index is 0.0722. The summed E-state index contributed by atoms with van der Waals surface area (Å²) in [6.45, 7) is 1.64. The average Bonchev–Trinajstić information content (AvgIpc) is 2.69. The molecule has 9 heteroatoms. The number of hydrogen-bond donors (Lipinski definition) is 1. The Labute approximate surface area is 169 Å². The van der Waals surface area contributed by atoms with Crippen molar-refractivity contribution in [3.05, 3.63) is 85.2 Å². The van der Waals surface area contributed by atoms with Crippen LogP contribution in [0.5, 0.6) is 0 Å². The normalized spacial score (nSPS) is 10.8. The van der Waals surface area contributed by atoms with Gasteiger partial charge in [-0.3, -0.25) is 14.2 Å². The molecule has 1 aromatic heterocycles. The number of nitrogens with zero attached hydrogens (tertiary/aromatic N) is 2. The number of anilines is 1. The number of carbonyl (C=O) groups is 1. The standard InChI is InChI=1S/C20H16ClF2N3O3/c1-10-11(12-7-8-14(22)16(21)17(12)23)5-4-6-15(10)24-18(27)13-9-25(2)20(29)26(3)19(13)28/h4-9H,1-3H3,(H,24,27). The Morgan fingerprint density at radius 1 is 1.07 bits per heavy atom. The first kappa shape index (κ1) is 20.5. The van der Waals surface area contributed by atoms with E-state index in [1.54, 1.807) is 25.1 Å². The maximum Gasteiger partial charge on any atom is 0.330 e. The number of halogens is 3. The molecule has 6 nitrogen and oxygen atoms in total. The lowest BCUT2D eigenvalue weighted by molar-refractivity contribution is 0.102. The molecule has 150 valence electrons. The van der Waals surface area contributed by atoms with Crippen molar-refractivity contribution in [3.63, 3.8) is 0 Å². The van der Waals surface area contributed by atoms with Crippen molar-refractivity contribution in [3.8, 4) is 11.1 Å². The fraction of sp³-hybridized carbons (Fsp3) is 0.150. The highest BCUT2D eigenvalue weighted by Gasteiger charge is 2.19. The molecular weight excluding hydrogens is 404 g/mol. The second kappa shape index (κ2) is 7.63. The summed E-state index contributed by atoms with van der Waals surface area (Å²) in [4.78, 5) is 36.7. The van der Waals surface area contributed by atoms with E-state index in [4.69, 9.17) is 11.6 Å². The largest absolute Gasteiger partial charge is 0.330 e. The van der Waals surface area contributed by atoms with Crippen molar-refractivity contribution in [2.75, 3.05) is 5.32 Å². The van der Waals surface area contributed by atoms with Gasteiger partial charge in [0.15, 0.2) is 5.82 Å². The summed E-state index contributed by atoms with van der Waals surface area (Å²) in [5.41, 5.74) is -0.245. The zero-order valence-corrected chi connectivity index (χ0v) is 16.5. The molecule has 0 saturated heterocycles. The summed E-state index contributed by atoms with van der Waals surface area (Å²) in [7, 11) is 2.69. The predicted octanol–water partition coefficient (Wildman–Crippen LogP) is 3.24. The molecule has 0 bridgehead atoms. The molecular formula is C20H16ClF2N3O3. The Bertz CT molecular complexity index is 1270. The van der Waals surface area contributed by atoms with Crippen molar-refractivity contribution in [1.29, 1.82) is 0 Å². The van der Waals surface area contributed by atoms with Crippen molar-refractivity contribution in [2.24, 2.45) is 14.1 Å². The van der Waals surface area contributed by atoms with Crippen molar-refractivity contribution >= 4 is 23.2 Å². The van der Waals surface area contributed by atoms with Crippen LogP contribution in [0.1, 0.15) is 15.9 Å². The summed E-state index contributed by atoms with van der Waals surface area (Å²) in [5, 5.41) is 1.98. The van der Waals surface area contributed by atoms with Gasteiger partial charge in [0.05, 0.1) is 0 Å². The first-order valence-electron chi connectivity index (χ1n) is 8.45. The van der Waals surface area contributed by atoms with E-state index in [2.05, 4.69) is 5.32 Å². The smallest absolute Gasteiger partial charge is 0.322 e. The first-order valence-corrected chi connectivity index (χ1v) is 8.82. The highest BCUT2D eigenvalue weighted by atomic mass is 35.5. The quantitative estimate of drug-likeness (QED) is 0.662. The zero-order chi connectivity index (χ0) is 21.5. The van der Waals surface area contributed by atoms with E-state index in [0.29, 0.717) is 16.8 Å². The molecule has 1 heterocycles. The Hall–Kier alpha value is -3.26. The third-order valence-corrected chi connectivity index (χ3v) is 4.94. The lowest BCUT2D eigenvalue weighted by Gasteiger charge is -2.14. The highest BCUT2D eigenvalue weighted by Crippen LogP contribution is 2.34. The zero-order valence-electron chi connectivity index (χ0n) is 15.7. The van der Waals surface area contributed by atoms with E-state index in [1.807, 2.05) is 0 Å². The fourth-order valence-electron chi connectivity index (χ4n) is 2.95. The Balaban J connectivity index is 2.04. The number of hydrogen-bond acceptors (Lipinski definition) is 3. The SMILES string of the molecule is Cc1c(NC(=O)c2cn(C)c(=O)n(C)c2=O)cccc1-c1ccc(F)c(Cl)c1F. The topological polar surface area (TPSA) is 73.1 Å². The molecule has 2 aromatic carbocycles. The van der Waals surface area contributed by atoms with Gasteiger partial charge in [-0.25, -0.2) is 13.6 Å². The summed E-state index contributed by atoms with van der Waals surface area (Å²) < 4.78 is 29.8. The molecule has 0 fully saturated rings. The van der Waals surface area contributed by atoms with E-state index in [1.165, 1.54) is 20.2 Å². The number of carbonyl (C=O) groups excluding carboxylic acids is 1. The van der Waals surface area contributed by atoms with Crippen molar-refractivity contribution < 1.29 is 13.6 Å². The van der Waals surface area contributed by atoms with Gasteiger partial charge >= 0.3 is 5.69 Å². The van der Waals surface area contributed by atoms with Crippen LogP contribution in [0.15, 0.2) is 46.1 Å². The van der Waals surface area contributed by atoms with E-state index in [0.717, 1.165) is 21.4 Å². The summed E-state index contributed by atoms with van der Waals surface area (Å²) in [5.74, 6) is -2.51. The number of aryl methyl sites for hydroxylation is 1. The van der Waals surface area contributed by atoms with Crippen LogP contribution >= 0.6 is 11.6 Å². The minimum atomic E-state index is -0.912. The van der Waals surface area contributed by atoms with Gasteiger partial charge in [0.2, 0.25) is 0 Å². The molecule has 0 aliphatic heterocycles. The van der Waals surface area contributed by atoms with E-state index < -0.39 is 33.8 Å². The van der Waals surface area contributed by atoms with Crippen LogP contribution in [-0.4, -0.2) is 15.0 Å². The Morgan fingerprint density at radius 2 is 1.76 bits per heavy atom. The second-order valence-electron chi connectivity index (χ2n) is 6.46. The Morgan fingerprint density at radius 3 is 2.45 bits per heavy atom. The molecule has 0 spiro atoms. The van der Waals surface area contributed by atoms with E-state index >= 15 is 0 Å². The third kappa shape index (κ3) is 3.58. The molecule has 0 atom stereocenters. The summed E-state index contributed by atoms with van der Waals surface area (Å²) in [6.07, 6.45) is 1.15. The van der Waals surface area contributed by atoms with Gasteiger partial charge in [-0.15, -0.1) is 0 Å². The van der Waals surface area contributed by atoms with Gasteiger partial charge in [0.25, 0.3) is 11.5 Å². The molecule has 29 heavy (non-hydrogen) atoms. The lowest BCUT2D eigenvalue weighted by atomic mass is 9.98. The highest BCUT2D eigenvalue weighted by molar-refractivity contribution is 6.31. The van der Waals surface area contributed by atoms with Crippen LogP contribution < -0.4 is 16.6 Å². The van der Waals surface area contributed by atoms with Crippen LogP contribution in [0.25, 0.3) is 11.1 Å². The number of aromatic nitrogens is 2. The maximum absolute atomic E-state index is 14.4. The molecule has 3 aromatic rings. The fourth-order valence-corrected chi connectivity index (χ4v) is 3.12. The first-order chi connectivity index (χ1) is 13.6. The molecule has 0 saturated carbocycles. The van der Waals surface area contributed by atoms with Gasteiger partial charge in [0, 0.05) is 31.5 Å². The van der Waals surface area contributed by atoms with Crippen LogP contribution in [0.4, 0.5) is 14.5 Å². The van der Waals surface area contributed by atoms with Crippen LogP contribution in [0.2, 0.25) is 5.02 Å². The molecule has 3 rings (SSSR count). The minimum Gasteiger partial charge on any atom is -0.322 e. The second-order valence-corrected chi connectivity index (χ2v) is 6.83. The van der Waals surface area contributed by atoms with Gasteiger partial charge < -0.3 is 9.88 Å². The van der Waals surface area contributed by atoms with Crippen LogP contribution in [-0.2, 0) is 14.1 Å². The molecule has 0 aliphatic rings. The lowest BCUT2D eigenvalue weighted by Crippen LogP contribution is -2.40. The number of rotatable bonds is 3. The summed E-state index contributed by atoms with van der Waals surface area (Å²) in [6, 6.07) is 7.06. The summed E-state index contributed by atoms with van der Waals surface area (Å²) >= 11 is 5.66. The molecule has 1 amide bonds. The van der Waals surface area contributed by atoms with Gasteiger partial charge in [-0.1, -0.05) is 23.7 Å². The molecule has 1 N–H and O–H groups in total. The van der Waals surface area contributed by atoms with E-state index in [-0.39, 0.29) is 11.1 Å². The number of amides is 1. The third-order valence-electron chi connectivity index (χ3n) is 4.60. The number of nitrogens with one attached hydrogen (secondary N) is 1. The van der Waals surface area contributed by atoms with Crippen LogP contribution in [0, 0.1) is 18.6 Å². The van der Waals surface area contributed by atoms with Gasteiger partial charge in [-0.2, -0.15) is 0 Å². The predicted molar refractivity (Wildman–Crippen MR) is 106 cm³/mol. The monoisotopic (exact) mass is 419 g/mol. The maximum atomic E-state index is 14.4.